The molecule has 3 heteroatoms. The third-order valence-electron chi connectivity index (χ3n) is 13.7. The number of rotatable bonds is 4. The van der Waals surface area contributed by atoms with Crippen molar-refractivity contribution in [3.8, 4) is 22.6 Å². The average molecular weight is 658 g/mol. The zero-order chi connectivity index (χ0) is 33.6. The monoisotopic (exact) mass is 657 g/mol. The van der Waals surface area contributed by atoms with Crippen molar-refractivity contribution in [1.29, 1.82) is 0 Å². The Morgan fingerprint density at radius 3 is 2.06 bits per heavy atom. The summed E-state index contributed by atoms with van der Waals surface area (Å²) in [7, 11) is 5.97. The maximum atomic E-state index is 7.75. The molecule has 5 unspecified atom stereocenters. The highest BCUT2D eigenvalue weighted by Crippen LogP contribution is 2.72. The Hall–Kier alpha value is -4.50. The van der Waals surface area contributed by atoms with Gasteiger partial charge < -0.3 is 14.4 Å². The van der Waals surface area contributed by atoms with Crippen LogP contribution in [0.25, 0.3) is 28.0 Å². The quantitative estimate of drug-likeness (QED) is 0.192. The molecule has 3 fully saturated rings. The van der Waals surface area contributed by atoms with E-state index in [1.54, 1.807) is 18.2 Å². The smallest absolute Gasteiger partial charge is 0.178 e. The molecule has 1 spiro atoms. The maximum absolute atomic E-state index is 7.75. The maximum Gasteiger partial charge on any atom is 0.178 e. The van der Waals surface area contributed by atoms with Crippen LogP contribution in [0.1, 0.15) is 79.2 Å². The van der Waals surface area contributed by atoms with Crippen LogP contribution >= 0.6 is 0 Å². The fourth-order valence-electron chi connectivity index (χ4n) is 11.8. The first-order valence-corrected chi connectivity index (χ1v) is 19.1. The summed E-state index contributed by atoms with van der Waals surface area (Å²) in [6, 6.07) is 36.0. The molecule has 4 aliphatic carbocycles. The van der Waals surface area contributed by atoms with Gasteiger partial charge in [-0.1, -0.05) is 98.5 Å². The number of nitrogens with zero attached hydrogens (tertiary/aromatic N) is 1. The van der Waals surface area contributed by atoms with Gasteiger partial charge in [-0.05, 0) is 113 Å². The lowest BCUT2D eigenvalue weighted by Crippen LogP contribution is -2.41. The molecule has 50 heavy (non-hydrogen) atoms. The minimum atomic E-state index is -0.779. The Morgan fingerprint density at radius 2 is 1.36 bits per heavy atom. The van der Waals surface area contributed by atoms with Gasteiger partial charge in [0.1, 0.15) is 11.5 Å². The normalized spacial score (nSPS) is 28.7. The number of hydrogen-bond acceptors (Lipinski definition) is 3. The van der Waals surface area contributed by atoms with E-state index < -0.39 is 5.60 Å². The van der Waals surface area contributed by atoms with Crippen molar-refractivity contribution in [2.24, 2.45) is 23.7 Å². The highest BCUT2D eigenvalue weighted by Gasteiger charge is 2.65. The van der Waals surface area contributed by atoms with E-state index in [1.165, 1.54) is 79.1 Å². The van der Waals surface area contributed by atoms with Crippen molar-refractivity contribution in [3.05, 3.63) is 131 Å². The van der Waals surface area contributed by atoms with Crippen LogP contribution in [0, 0.1) is 23.7 Å². The van der Waals surface area contributed by atoms with E-state index in [1.807, 2.05) is 0 Å². The third kappa shape index (κ3) is 3.98. The van der Waals surface area contributed by atoms with Gasteiger partial charge in [-0.25, -0.2) is 0 Å². The highest BCUT2D eigenvalue weighted by atomic mass is 16.5. The molecule has 0 radical (unpaired) electrons. The van der Waals surface area contributed by atoms with E-state index in [0.29, 0.717) is 11.8 Å². The summed E-state index contributed by atoms with van der Waals surface area (Å²) >= 11 is 0. The van der Waals surface area contributed by atoms with Crippen molar-refractivity contribution >= 4 is 22.5 Å². The first kappa shape index (κ1) is 30.3. The molecule has 3 nitrogen and oxygen atoms in total. The summed E-state index contributed by atoms with van der Waals surface area (Å²) in [6.07, 6.45) is 15.8. The van der Waals surface area contributed by atoms with Crippen molar-refractivity contribution in [2.75, 3.05) is 26.1 Å². The molecular formula is C47H47NO2. The number of methoxy groups -OCH3 is 1. The Morgan fingerprint density at radius 1 is 0.700 bits per heavy atom. The summed E-state index contributed by atoms with van der Waals surface area (Å²) in [5, 5.41) is 2.42. The zero-order valence-electron chi connectivity index (χ0n) is 29.6. The van der Waals surface area contributed by atoms with Crippen LogP contribution in [0.2, 0.25) is 0 Å². The molecule has 1 heterocycles. The molecule has 252 valence electrons. The SMILES string of the molecule is COc1ccc2c3c(c4c(c2c1)OC(c1ccccc1)(c1ccc(N(C)C)cc1)C=C4)C1(c2ccccc2-3)C2CCCCC2C2CCCCC21. The Bertz CT molecular complexity index is 2120. The van der Waals surface area contributed by atoms with E-state index in [9.17, 15) is 0 Å². The van der Waals surface area contributed by atoms with E-state index in [4.69, 9.17) is 9.47 Å². The van der Waals surface area contributed by atoms with Crippen LogP contribution in [0.4, 0.5) is 5.69 Å². The Kier molecular flexibility index (Phi) is 6.83. The third-order valence-corrected chi connectivity index (χ3v) is 13.7. The fraction of sp³-hybridized carbons (Fsp3) is 0.362. The van der Waals surface area contributed by atoms with Gasteiger partial charge in [0.2, 0.25) is 0 Å². The van der Waals surface area contributed by atoms with Gasteiger partial charge in [-0.15, -0.1) is 0 Å². The average Bonchev–Trinajstić information content (AvgIpc) is 3.66. The lowest BCUT2D eigenvalue weighted by Gasteiger charge is -2.45. The van der Waals surface area contributed by atoms with Crippen LogP contribution in [0.5, 0.6) is 11.5 Å². The van der Waals surface area contributed by atoms with Crippen LogP contribution in [-0.2, 0) is 11.0 Å². The predicted molar refractivity (Wildman–Crippen MR) is 205 cm³/mol. The molecule has 0 bridgehead atoms. The van der Waals surface area contributed by atoms with E-state index in [2.05, 4.69) is 128 Å². The largest absolute Gasteiger partial charge is 0.497 e. The molecule has 5 atom stereocenters. The molecule has 0 saturated heterocycles. The number of ether oxygens (including phenoxy) is 2. The predicted octanol–water partition coefficient (Wildman–Crippen LogP) is 11.2. The Balaban J connectivity index is 1.30. The van der Waals surface area contributed by atoms with E-state index >= 15 is 0 Å². The van der Waals surface area contributed by atoms with Gasteiger partial charge in [-0.3, -0.25) is 0 Å². The number of anilines is 1. The molecule has 1 aliphatic heterocycles. The summed E-state index contributed by atoms with van der Waals surface area (Å²) < 4.78 is 13.7. The van der Waals surface area contributed by atoms with Crippen molar-refractivity contribution in [1.82, 2.24) is 0 Å². The molecule has 3 saturated carbocycles. The topological polar surface area (TPSA) is 21.7 Å². The lowest BCUT2D eigenvalue weighted by molar-refractivity contribution is 0.162. The molecule has 10 rings (SSSR count). The molecule has 0 N–H and O–H groups in total. The van der Waals surface area contributed by atoms with Crippen LogP contribution < -0.4 is 14.4 Å². The summed E-state index contributed by atoms with van der Waals surface area (Å²) in [5.41, 5.74) is 10.0. The lowest BCUT2D eigenvalue weighted by atomic mass is 9.59. The molecule has 5 aromatic rings. The zero-order valence-corrected chi connectivity index (χ0v) is 29.6. The van der Waals surface area contributed by atoms with Crippen molar-refractivity contribution < 1.29 is 9.47 Å². The minimum Gasteiger partial charge on any atom is -0.497 e. The summed E-state index contributed by atoms with van der Waals surface area (Å²) in [5.74, 6) is 4.81. The fourth-order valence-corrected chi connectivity index (χ4v) is 11.8. The first-order valence-electron chi connectivity index (χ1n) is 19.1. The van der Waals surface area contributed by atoms with Crippen LogP contribution in [0.15, 0.2) is 103 Å². The second kappa shape index (κ2) is 11.3. The van der Waals surface area contributed by atoms with Gasteiger partial charge >= 0.3 is 0 Å². The number of benzene rings is 5. The van der Waals surface area contributed by atoms with Gasteiger partial charge in [0.25, 0.3) is 0 Å². The van der Waals surface area contributed by atoms with E-state index in [-0.39, 0.29) is 5.41 Å². The molecule has 5 aromatic carbocycles. The molecule has 5 aliphatic rings. The molecule has 0 aromatic heterocycles. The van der Waals surface area contributed by atoms with Crippen LogP contribution in [0.3, 0.4) is 0 Å². The molecule has 0 amide bonds. The molecular weight excluding hydrogens is 611 g/mol. The summed E-state index contributed by atoms with van der Waals surface area (Å²) in [6.45, 7) is 0. The Labute approximate surface area is 296 Å². The highest BCUT2D eigenvalue weighted by molar-refractivity contribution is 6.09. The standard InChI is InChI=1S/C47H47NO2/c1-48(2)32-23-21-31(22-24-32)46(30-13-5-4-6-14-30)28-27-38-44-43(36-26-25-33(49-3)29-39(36)45(38)50-46)37-17-9-12-20-42(37)47(44)40-18-10-7-15-34(40)35-16-8-11-19-41(35)47/h4-6,9,12-14,17,20-29,34-35,40-41H,7-8,10-11,15-16,18-19H2,1-3H3. The summed E-state index contributed by atoms with van der Waals surface area (Å²) in [4.78, 5) is 2.16. The van der Waals surface area contributed by atoms with Gasteiger partial charge in [-0.2, -0.15) is 0 Å². The van der Waals surface area contributed by atoms with E-state index in [0.717, 1.165) is 39.8 Å². The first-order chi connectivity index (χ1) is 24.6. The van der Waals surface area contributed by atoms with Crippen molar-refractivity contribution in [3.63, 3.8) is 0 Å². The number of fused-ring (bicyclic) bond motifs is 15. The van der Waals surface area contributed by atoms with Crippen molar-refractivity contribution in [2.45, 2.75) is 62.4 Å². The second-order valence-corrected chi connectivity index (χ2v) is 15.9. The van der Waals surface area contributed by atoms with Gasteiger partial charge in [0.15, 0.2) is 5.60 Å². The van der Waals surface area contributed by atoms with Gasteiger partial charge in [0, 0.05) is 47.3 Å². The minimum absolute atomic E-state index is 0.00804. The van der Waals surface area contributed by atoms with Crippen LogP contribution in [-0.4, -0.2) is 21.2 Å². The number of hydrogen-bond donors (Lipinski definition) is 0. The second-order valence-electron chi connectivity index (χ2n) is 15.9. The van der Waals surface area contributed by atoms with Gasteiger partial charge in [0.05, 0.1) is 7.11 Å².